The molecule has 0 bridgehead atoms. The van der Waals surface area contributed by atoms with Crippen LogP contribution in [-0.4, -0.2) is 36.9 Å². The summed E-state index contributed by atoms with van der Waals surface area (Å²) in [5.41, 5.74) is -0.0569. The molecule has 2 rings (SSSR count). The molecule has 1 saturated carbocycles. The molecule has 2 N–H and O–H groups in total. The minimum atomic E-state index is -0.789. The molecule has 0 saturated heterocycles. The Hall–Kier alpha value is -0.980. The van der Waals surface area contributed by atoms with Crippen molar-refractivity contribution in [2.45, 2.75) is 18.9 Å². The highest BCUT2D eigenvalue weighted by atomic mass is 79.9. The second kappa shape index (κ2) is 7.15. The number of hydrogen-bond acceptors (Lipinski definition) is 3. The van der Waals surface area contributed by atoms with Gasteiger partial charge in [0.05, 0.1) is 18.3 Å². The zero-order valence-corrected chi connectivity index (χ0v) is 12.5. The van der Waals surface area contributed by atoms with Crippen LogP contribution in [0.1, 0.15) is 23.2 Å². The Bertz CT molecular complexity index is 459. The van der Waals surface area contributed by atoms with Gasteiger partial charge in [0.1, 0.15) is 5.82 Å². The smallest absolute Gasteiger partial charge is 0.255 e. The van der Waals surface area contributed by atoms with Crippen molar-refractivity contribution in [1.29, 1.82) is 0 Å². The molecule has 4 nitrogen and oxygen atoms in total. The highest BCUT2D eigenvalue weighted by molar-refractivity contribution is 9.10. The summed E-state index contributed by atoms with van der Waals surface area (Å²) in [4.78, 5) is 11.8. The van der Waals surface area contributed by atoms with Crippen LogP contribution in [0.3, 0.4) is 0 Å². The maximum absolute atomic E-state index is 13.5. The fraction of sp³-hybridized carbons (Fsp3) is 0.500. The third-order valence-corrected chi connectivity index (χ3v) is 3.71. The Morgan fingerprint density at radius 2 is 2.30 bits per heavy atom. The van der Waals surface area contributed by atoms with Gasteiger partial charge in [-0.2, -0.15) is 0 Å². The van der Waals surface area contributed by atoms with E-state index in [-0.39, 0.29) is 18.7 Å². The van der Waals surface area contributed by atoms with Gasteiger partial charge in [-0.3, -0.25) is 4.79 Å². The summed E-state index contributed by atoms with van der Waals surface area (Å²) in [5, 5.41) is 12.2. The average Bonchev–Trinajstić information content (AvgIpc) is 3.20. The maximum atomic E-state index is 13.5. The van der Waals surface area contributed by atoms with E-state index < -0.39 is 17.8 Å². The molecule has 1 aromatic carbocycles. The number of carbonyl (C=O) groups is 1. The highest BCUT2D eigenvalue weighted by Gasteiger charge is 2.22. The monoisotopic (exact) mass is 345 g/mol. The van der Waals surface area contributed by atoms with Gasteiger partial charge in [-0.25, -0.2) is 4.39 Å². The summed E-state index contributed by atoms with van der Waals surface area (Å²) >= 11 is 3.13. The van der Waals surface area contributed by atoms with Gasteiger partial charge >= 0.3 is 0 Å². The van der Waals surface area contributed by atoms with E-state index in [0.29, 0.717) is 17.0 Å². The average molecular weight is 346 g/mol. The fourth-order valence-electron chi connectivity index (χ4n) is 1.73. The summed E-state index contributed by atoms with van der Waals surface area (Å²) in [5.74, 6) is -0.529. The molecule has 0 spiro atoms. The first-order chi connectivity index (χ1) is 9.58. The topological polar surface area (TPSA) is 58.6 Å². The van der Waals surface area contributed by atoms with Crippen LogP contribution in [0.5, 0.6) is 0 Å². The second-order valence-corrected chi connectivity index (χ2v) is 5.80. The van der Waals surface area contributed by atoms with Gasteiger partial charge in [0.2, 0.25) is 0 Å². The molecule has 1 atom stereocenters. The number of rotatable bonds is 7. The van der Waals surface area contributed by atoms with Crippen molar-refractivity contribution in [2.24, 2.45) is 5.92 Å². The van der Waals surface area contributed by atoms with Gasteiger partial charge < -0.3 is 15.2 Å². The molecule has 0 radical (unpaired) electrons. The number of aliphatic hydroxyl groups excluding tert-OH is 1. The quantitative estimate of drug-likeness (QED) is 0.795. The number of aliphatic hydroxyl groups is 1. The number of nitrogens with one attached hydrogen (secondary N) is 1. The van der Waals surface area contributed by atoms with E-state index in [1.165, 1.54) is 25.0 Å². The first kappa shape index (κ1) is 15.4. The van der Waals surface area contributed by atoms with Crippen molar-refractivity contribution < 1.29 is 19.0 Å². The van der Waals surface area contributed by atoms with Crippen LogP contribution in [0, 0.1) is 11.7 Å². The van der Waals surface area contributed by atoms with Gasteiger partial charge in [0, 0.05) is 17.6 Å². The van der Waals surface area contributed by atoms with Crippen molar-refractivity contribution >= 4 is 21.8 Å². The van der Waals surface area contributed by atoms with Crippen molar-refractivity contribution in [3.05, 3.63) is 34.1 Å². The minimum absolute atomic E-state index is 0.0320. The number of hydrogen-bond donors (Lipinski definition) is 2. The van der Waals surface area contributed by atoms with Crippen LogP contribution in [-0.2, 0) is 4.74 Å². The van der Waals surface area contributed by atoms with Crippen LogP contribution < -0.4 is 5.32 Å². The summed E-state index contributed by atoms with van der Waals surface area (Å²) in [6.45, 7) is 0.864. The maximum Gasteiger partial charge on any atom is 0.255 e. The summed E-state index contributed by atoms with van der Waals surface area (Å²) in [6, 6.07) is 4.32. The van der Waals surface area contributed by atoms with Crippen molar-refractivity contribution in [3.8, 4) is 0 Å². The standard InChI is InChI=1S/C14H17BrFNO3/c15-11-2-1-3-12(16)13(11)14(19)17-6-10(18)8-20-7-9-4-5-9/h1-3,9-10,18H,4-8H2,(H,17,19)/t10-/m0/s1. The van der Waals surface area contributed by atoms with Crippen LogP contribution in [0.4, 0.5) is 4.39 Å². The van der Waals surface area contributed by atoms with E-state index in [1.807, 2.05) is 0 Å². The van der Waals surface area contributed by atoms with Gasteiger partial charge in [-0.1, -0.05) is 6.07 Å². The molecule has 6 heteroatoms. The molecule has 20 heavy (non-hydrogen) atoms. The van der Waals surface area contributed by atoms with E-state index in [1.54, 1.807) is 6.07 Å². The summed E-state index contributed by atoms with van der Waals surface area (Å²) < 4.78 is 19.2. The van der Waals surface area contributed by atoms with E-state index in [2.05, 4.69) is 21.2 Å². The lowest BCUT2D eigenvalue weighted by Crippen LogP contribution is -2.35. The number of halogens is 2. The molecule has 1 fully saturated rings. The second-order valence-electron chi connectivity index (χ2n) is 4.94. The van der Waals surface area contributed by atoms with Gasteiger partial charge in [0.15, 0.2) is 0 Å². The van der Waals surface area contributed by atoms with E-state index in [9.17, 15) is 14.3 Å². The largest absolute Gasteiger partial charge is 0.389 e. The van der Waals surface area contributed by atoms with E-state index in [4.69, 9.17) is 4.74 Å². The first-order valence-electron chi connectivity index (χ1n) is 6.56. The molecule has 110 valence electrons. The number of benzene rings is 1. The molecule has 0 aliphatic heterocycles. The molecular formula is C14H17BrFNO3. The molecule has 1 amide bonds. The van der Waals surface area contributed by atoms with Gasteiger partial charge in [0.25, 0.3) is 5.91 Å². The Morgan fingerprint density at radius 1 is 1.55 bits per heavy atom. The Morgan fingerprint density at radius 3 is 2.95 bits per heavy atom. The zero-order chi connectivity index (χ0) is 14.5. The number of ether oxygens (including phenoxy) is 1. The predicted molar refractivity (Wildman–Crippen MR) is 76.0 cm³/mol. The number of carbonyl (C=O) groups excluding carboxylic acids is 1. The summed E-state index contributed by atoms with van der Waals surface area (Å²) in [6.07, 6.45) is 1.59. The lowest BCUT2D eigenvalue weighted by molar-refractivity contribution is 0.0320. The highest BCUT2D eigenvalue weighted by Crippen LogP contribution is 2.28. The van der Waals surface area contributed by atoms with Crippen LogP contribution in [0.2, 0.25) is 0 Å². The summed E-state index contributed by atoms with van der Waals surface area (Å²) in [7, 11) is 0. The zero-order valence-electron chi connectivity index (χ0n) is 10.9. The Kier molecular flexibility index (Phi) is 5.51. The molecule has 0 aromatic heterocycles. The Balaban J connectivity index is 1.76. The molecule has 0 unspecified atom stereocenters. The normalized spacial score (nSPS) is 15.9. The van der Waals surface area contributed by atoms with Crippen molar-refractivity contribution in [3.63, 3.8) is 0 Å². The van der Waals surface area contributed by atoms with Gasteiger partial charge in [-0.05, 0) is 46.8 Å². The fourth-order valence-corrected chi connectivity index (χ4v) is 2.25. The van der Waals surface area contributed by atoms with Crippen LogP contribution in [0.15, 0.2) is 22.7 Å². The van der Waals surface area contributed by atoms with Crippen molar-refractivity contribution in [1.82, 2.24) is 5.32 Å². The minimum Gasteiger partial charge on any atom is -0.389 e. The third kappa shape index (κ3) is 4.54. The number of amides is 1. The lowest BCUT2D eigenvalue weighted by Gasteiger charge is -2.13. The van der Waals surface area contributed by atoms with Gasteiger partial charge in [-0.15, -0.1) is 0 Å². The SMILES string of the molecule is O=C(NC[C@H](O)COCC1CC1)c1c(F)cccc1Br. The third-order valence-electron chi connectivity index (χ3n) is 3.05. The molecule has 1 aromatic rings. The Labute approximate surface area is 125 Å². The van der Waals surface area contributed by atoms with E-state index in [0.717, 1.165) is 0 Å². The van der Waals surface area contributed by atoms with Crippen molar-refractivity contribution in [2.75, 3.05) is 19.8 Å². The molecule has 1 aliphatic rings. The molecule has 1 aliphatic carbocycles. The van der Waals surface area contributed by atoms with E-state index >= 15 is 0 Å². The van der Waals surface area contributed by atoms with Crippen LogP contribution >= 0.6 is 15.9 Å². The molecule has 0 heterocycles. The first-order valence-corrected chi connectivity index (χ1v) is 7.35. The van der Waals surface area contributed by atoms with Crippen LogP contribution in [0.25, 0.3) is 0 Å². The lowest BCUT2D eigenvalue weighted by atomic mass is 10.2. The molecular weight excluding hydrogens is 329 g/mol. The predicted octanol–water partition coefficient (Wildman–Crippen LogP) is 2.11.